The summed E-state index contributed by atoms with van der Waals surface area (Å²) in [7, 11) is 0. The van der Waals surface area contributed by atoms with Crippen molar-refractivity contribution in [1.82, 2.24) is 0 Å². The Hall–Kier alpha value is -2.56. The molecule has 0 aliphatic carbocycles. The van der Waals surface area contributed by atoms with Crippen molar-refractivity contribution in [2.24, 2.45) is 0 Å². The summed E-state index contributed by atoms with van der Waals surface area (Å²) in [6.07, 6.45) is 4.02. The summed E-state index contributed by atoms with van der Waals surface area (Å²) in [5.41, 5.74) is 3.42. The van der Waals surface area contributed by atoms with Gasteiger partial charge in [0, 0.05) is 10.6 Å². The van der Waals surface area contributed by atoms with Gasteiger partial charge in [-0.15, -0.1) is 23.1 Å². The summed E-state index contributed by atoms with van der Waals surface area (Å²) in [6, 6.07) is 24.0. The minimum Gasteiger partial charge on any atom is -0.300 e. The number of hydrogen-bond donors (Lipinski definition) is 0. The normalized spacial score (nSPS) is 16.0. The molecule has 2 aromatic carbocycles. The van der Waals surface area contributed by atoms with Crippen LogP contribution in [0, 0.1) is 0 Å². The third-order valence-corrected chi connectivity index (χ3v) is 5.80. The molecular formula is C22H17NOS2. The van der Waals surface area contributed by atoms with Crippen molar-refractivity contribution in [1.29, 1.82) is 0 Å². The Morgan fingerprint density at radius 2 is 1.62 bits per heavy atom. The number of carbonyl (C=O) groups is 1. The number of thiophene rings is 1. The molecule has 4 heteroatoms. The van der Waals surface area contributed by atoms with Crippen molar-refractivity contribution in [3.05, 3.63) is 99.3 Å². The Morgan fingerprint density at radius 1 is 0.923 bits per heavy atom. The van der Waals surface area contributed by atoms with Crippen LogP contribution in [0.5, 0.6) is 0 Å². The lowest BCUT2D eigenvalue weighted by atomic mass is 10.0. The van der Waals surface area contributed by atoms with Gasteiger partial charge >= 0.3 is 0 Å². The van der Waals surface area contributed by atoms with Crippen molar-refractivity contribution in [3.8, 4) is 0 Å². The summed E-state index contributed by atoms with van der Waals surface area (Å²) in [6.45, 7) is 0. The molecule has 0 amide bonds. The van der Waals surface area contributed by atoms with Gasteiger partial charge in [-0.3, -0.25) is 4.79 Å². The number of hydrogen-bond acceptors (Lipinski definition) is 4. The fourth-order valence-corrected chi connectivity index (χ4v) is 4.52. The SMILES string of the molecule is CSC1=C(c2ccccc2)C(=O)/C(=C\c2cccs2)N1c1ccccc1. The molecule has 1 aliphatic rings. The second-order valence-corrected chi connectivity index (χ2v) is 7.57. The molecule has 2 heterocycles. The number of Topliss-reactive ketones (excluding diaryl/α,β-unsaturated/α-hetero) is 1. The van der Waals surface area contributed by atoms with Crippen LogP contribution in [-0.4, -0.2) is 12.0 Å². The van der Waals surface area contributed by atoms with Gasteiger partial charge in [-0.1, -0.05) is 54.6 Å². The highest BCUT2D eigenvalue weighted by atomic mass is 32.2. The Morgan fingerprint density at radius 3 is 2.23 bits per heavy atom. The molecule has 128 valence electrons. The number of anilines is 1. The standard InChI is InChI=1S/C22H17NOS2/c1-25-22-20(16-9-4-2-5-10-16)21(24)19(15-18-13-8-14-26-18)23(22)17-11-6-3-7-12-17/h2-15H,1H3/b19-15+. The number of ketones is 1. The number of carbonyl (C=O) groups excluding carboxylic acids is 1. The molecule has 1 aromatic heterocycles. The van der Waals surface area contributed by atoms with Crippen LogP contribution >= 0.6 is 23.1 Å². The monoisotopic (exact) mass is 375 g/mol. The van der Waals surface area contributed by atoms with Gasteiger partial charge in [0.05, 0.1) is 16.3 Å². The van der Waals surface area contributed by atoms with Crippen LogP contribution in [0.2, 0.25) is 0 Å². The van der Waals surface area contributed by atoms with Crippen LogP contribution in [0.3, 0.4) is 0 Å². The van der Waals surface area contributed by atoms with E-state index < -0.39 is 0 Å². The lowest BCUT2D eigenvalue weighted by Crippen LogP contribution is -2.17. The Bertz CT molecular complexity index is 974. The first-order valence-electron chi connectivity index (χ1n) is 8.28. The molecule has 0 N–H and O–H groups in total. The maximum atomic E-state index is 13.4. The van der Waals surface area contributed by atoms with E-state index in [1.54, 1.807) is 23.1 Å². The lowest BCUT2D eigenvalue weighted by Gasteiger charge is -2.22. The Labute approximate surface area is 161 Å². The van der Waals surface area contributed by atoms with Crippen molar-refractivity contribution >= 4 is 46.2 Å². The van der Waals surface area contributed by atoms with Gasteiger partial charge in [0.15, 0.2) is 0 Å². The summed E-state index contributed by atoms with van der Waals surface area (Å²) < 4.78 is 0. The lowest BCUT2D eigenvalue weighted by molar-refractivity contribution is -0.110. The number of para-hydroxylation sites is 1. The quantitative estimate of drug-likeness (QED) is 0.529. The number of benzene rings is 2. The molecule has 0 saturated heterocycles. The van der Waals surface area contributed by atoms with E-state index in [9.17, 15) is 4.79 Å². The second kappa shape index (κ2) is 7.36. The molecule has 1 aliphatic heterocycles. The number of allylic oxidation sites excluding steroid dienone is 1. The van der Waals surface area contributed by atoms with E-state index in [0.29, 0.717) is 5.70 Å². The first-order valence-corrected chi connectivity index (χ1v) is 10.4. The van der Waals surface area contributed by atoms with Crippen molar-refractivity contribution in [2.45, 2.75) is 0 Å². The third-order valence-electron chi connectivity index (χ3n) is 4.21. The predicted molar refractivity (Wildman–Crippen MR) is 113 cm³/mol. The number of thioether (sulfide) groups is 1. The van der Waals surface area contributed by atoms with Gasteiger partial charge in [0.2, 0.25) is 5.78 Å². The fourth-order valence-electron chi connectivity index (χ4n) is 3.07. The van der Waals surface area contributed by atoms with E-state index in [-0.39, 0.29) is 5.78 Å². The van der Waals surface area contributed by atoms with Crippen LogP contribution < -0.4 is 4.90 Å². The van der Waals surface area contributed by atoms with Gasteiger partial charge in [-0.2, -0.15) is 0 Å². The molecule has 4 rings (SSSR count). The minimum atomic E-state index is 0.0674. The minimum absolute atomic E-state index is 0.0674. The van der Waals surface area contributed by atoms with Crippen molar-refractivity contribution in [3.63, 3.8) is 0 Å². The van der Waals surface area contributed by atoms with Gasteiger partial charge in [-0.05, 0) is 41.5 Å². The van der Waals surface area contributed by atoms with E-state index in [2.05, 4.69) is 4.90 Å². The maximum absolute atomic E-state index is 13.4. The molecule has 26 heavy (non-hydrogen) atoms. The van der Waals surface area contributed by atoms with Crippen LogP contribution in [0.4, 0.5) is 5.69 Å². The zero-order valence-electron chi connectivity index (χ0n) is 14.3. The second-order valence-electron chi connectivity index (χ2n) is 5.80. The number of nitrogens with zero attached hydrogens (tertiary/aromatic N) is 1. The van der Waals surface area contributed by atoms with E-state index >= 15 is 0 Å². The molecule has 0 atom stereocenters. The highest BCUT2D eigenvalue weighted by Gasteiger charge is 2.36. The smallest absolute Gasteiger partial charge is 0.213 e. The molecule has 0 spiro atoms. The van der Waals surface area contributed by atoms with Crippen molar-refractivity contribution < 1.29 is 4.79 Å². The van der Waals surface area contributed by atoms with Crippen molar-refractivity contribution in [2.75, 3.05) is 11.2 Å². The largest absolute Gasteiger partial charge is 0.300 e. The predicted octanol–water partition coefficient (Wildman–Crippen LogP) is 5.91. The molecule has 3 aromatic rings. The van der Waals surface area contributed by atoms with Gasteiger partial charge in [0.25, 0.3) is 0 Å². The Balaban J connectivity index is 1.92. The first kappa shape index (κ1) is 16.9. The van der Waals surface area contributed by atoms with Gasteiger partial charge in [-0.25, -0.2) is 0 Å². The summed E-state index contributed by atoms with van der Waals surface area (Å²) in [4.78, 5) is 16.6. The molecule has 0 unspecified atom stereocenters. The van der Waals surface area contributed by atoms with E-state index in [1.807, 2.05) is 90.5 Å². The molecule has 0 bridgehead atoms. The average molecular weight is 376 g/mol. The van der Waals surface area contributed by atoms with Crippen LogP contribution in [0.25, 0.3) is 11.6 Å². The molecule has 0 radical (unpaired) electrons. The van der Waals surface area contributed by atoms with Crippen LogP contribution in [0.15, 0.2) is 88.9 Å². The van der Waals surface area contributed by atoms with E-state index in [0.717, 1.165) is 26.7 Å². The summed E-state index contributed by atoms with van der Waals surface area (Å²) in [5, 5.41) is 3.00. The van der Waals surface area contributed by atoms with Gasteiger partial charge in [0.1, 0.15) is 0 Å². The first-order chi connectivity index (χ1) is 12.8. The molecule has 2 nitrogen and oxygen atoms in total. The average Bonchev–Trinajstić information content (AvgIpc) is 3.30. The topological polar surface area (TPSA) is 20.3 Å². The van der Waals surface area contributed by atoms with E-state index in [1.165, 1.54) is 0 Å². The number of rotatable bonds is 4. The van der Waals surface area contributed by atoms with Gasteiger partial charge < -0.3 is 4.90 Å². The Kier molecular flexibility index (Phi) is 4.78. The third kappa shape index (κ3) is 3.02. The maximum Gasteiger partial charge on any atom is 0.213 e. The zero-order chi connectivity index (χ0) is 17.9. The highest BCUT2D eigenvalue weighted by molar-refractivity contribution is 8.02. The van der Waals surface area contributed by atoms with Crippen LogP contribution in [-0.2, 0) is 4.79 Å². The zero-order valence-corrected chi connectivity index (χ0v) is 15.9. The summed E-state index contributed by atoms with van der Waals surface area (Å²) in [5.74, 6) is 0.0674. The van der Waals surface area contributed by atoms with E-state index in [4.69, 9.17) is 0 Å². The molecule has 0 saturated carbocycles. The van der Waals surface area contributed by atoms with Crippen LogP contribution in [0.1, 0.15) is 10.4 Å². The fraction of sp³-hybridized carbons (Fsp3) is 0.0455. The molecular weight excluding hydrogens is 358 g/mol. The molecule has 0 fully saturated rings. The highest BCUT2D eigenvalue weighted by Crippen LogP contribution is 2.43. The summed E-state index contributed by atoms with van der Waals surface area (Å²) >= 11 is 3.24.